The summed E-state index contributed by atoms with van der Waals surface area (Å²) in [5.74, 6) is -5.16. The van der Waals surface area contributed by atoms with Crippen LogP contribution in [0.15, 0.2) is 103 Å². The lowest BCUT2D eigenvalue weighted by molar-refractivity contribution is -0.138. The molecule has 0 spiro atoms. The number of imide groups is 2. The summed E-state index contributed by atoms with van der Waals surface area (Å²) in [6.45, 7) is 3.79. The molecule has 4 aromatic rings. The number of aromatic hydroxyl groups is 1. The lowest BCUT2D eigenvalue weighted by atomic mass is 9.49. The predicted octanol–water partition coefficient (Wildman–Crippen LogP) is 7.55. The van der Waals surface area contributed by atoms with Crippen LogP contribution >= 0.6 is 23.2 Å². The van der Waals surface area contributed by atoms with E-state index in [-0.39, 0.29) is 41.1 Å². The second-order valence-corrected chi connectivity index (χ2v) is 14.8. The Bertz CT molecular complexity index is 2270. The first-order valence-corrected chi connectivity index (χ1v) is 18.2. The number of anilines is 2. The van der Waals surface area contributed by atoms with Gasteiger partial charge in [0, 0.05) is 22.6 Å². The number of phenols is 1. The smallest absolute Gasteiger partial charge is 0.260 e. The first-order valence-electron chi connectivity index (χ1n) is 17.4. The highest BCUT2D eigenvalue weighted by Gasteiger charge is 2.70. The topological polar surface area (TPSA) is 125 Å². The van der Waals surface area contributed by atoms with Crippen molar-refractivity contribution >= 4 is 64.3 Å². The molecule has 2 N–H and O–H groups in total. The predicted molar refractivity (Wildman–Crippen MR) is 204 cm³/mol. The Morgan fingerprint density at radius 1 is 0.852 bits per heavy atom. The highest BCUT2D eigenvalue weighted by Crippen LogP contribution is 2.65. The summed E-state index contributed by atoms with van der Waals surface area (Å²) >= 11 is 12.7. The summed E-state index contributed by atoms with van der Waals surface area (Å²) in [5.41, 5.74) is 4.49. The van der Waals surface area contributed by atoms with Crippen molar-refractivity contribution in [2.75, 3.05) is 24.5 Å². The summed E-state index contributed by atoms with van der Waals surface area (Å²) in [6, 6.07) is 23.5. The second-order valence-electron chi connectivity index (χ2n) is 13.9. The van der Waals surface area contributed by atoms with Gasteiger partial charge in [-0.3, -0.25) is 29.5 Å². The van der Waals surface area contributed by atoms with E-state index in [1.165, 1.54) is 31.3 Å². The maximum atomic E-state index is 15.4. The van der Waals surface area contributed by atoms with Crippen LogP contribution in [0.1, 0.15) is 35.4 Å². The minimum atomic E-state index is -1.62. The number of fused-ring (bicyclic) bond motifs is 4. The number of phenolic OH excluding ortho intramolecular Hbond substituents is 1. The van der Waals surface area contributed by atoms with E-state index < -0.39 is 46.8 Å². The van der Waals surface area contributed by atoms with Gasteiger partial charge in [0.05, 0.1) is 53.8 Å². The number of rotatable bonds is 8. The molecule has 4 aliphatic rings. The number of nitrogens with one attached hydrogen (secondary N) is 1. The van der Waals surface area contributed by atoms with Gasteiger partial charge in [0.2, 0.25) is 11.8 Å². The molecule has 12 heteroatoms. The normalized spacial score (nSPS) is 25.9. The molecule has 4 aromatic carbocycles. The van der Waals surface area contributed by atoms with E-state index in [9.17, 15) is 19.5 Å². The largest absolute Gasteiger partial charge is 0.508 e. The van der Waals surface area contributed by atoms with Crippen molar-refractivity contribution in [2.45, 2.75) is 24.2 Å². The van der Waals surface area contributed by atoms with Crippen molar-refractivity contribution in [2.24, 2.45) is 23.7 Å². The molecule has 6 atom stereocenters. The van der Waals surface area contributed by atoms with Gasteiger partial charge in [-0.05, 0) is 78.4 Å². The van der Waals surface area contributed by atoms with Gasteiger partial charge >= 0.3 is 0 Å². The first kappa shape index (κ1) is 35.4. The Morgan fingerprint density at radius 2 is 1.56 bits per heavy atom. The highest BCUT2D eigenvalue weighted by molar-refractivity contribution is 6.36. The Morgan fingerprint density at radius 3 is 2.20 bits per heavy atom. The fraction of sp³-hybridized carbons (Fsp3) is 0.238. The lowest BCUT2D eigenvalue weighted by Crippen LogP contribution is -2.53. The second kappa shape index (κ2) is 13.4. The van der Waals surface area contributed by atoms with Gasteiger partial charge in [0.1, 0.15) is 17.2 Å². The van der Waals surface area contributed by atoms with Gasteiger partial charge in [-0.25, -0.2) is 0 Å². The molecule has 10 nitrogen and oxygen atoms in total. The number of carbonyl (C=O) groups is 4. The average Bonchev–Trinajstić information content (AvgIpc) is 3.56. The molecular weight excluding hydrogens is 729 g/mol. The number of carbonyl (C=O) groups excluding carboxylic acids is 4. The number of ether oxygens (including phenoxy) is 2. The zero-order valence-corrected chi connectivity index (χ0v) is 30.8. The number of nitrogens with zero attached hydrogens (tertiary/aromatic N) is 2. The number of hydrogen-bond acceptors (Lipinski definition) is 8. The van der Waals surface area contributed by atoms with Crippen LogP contribution in [-0.2, 0) is 24.6 Å². The lowest BCUT2D eigenvalue weighted by Gasteiger charge is -2.50. The van der Waals surface area contributed by atoms with E-state index in [1.807, 2.05) is 6.08 Å². The number of hydrogen-bond donors (Lipinski definition) is 2. The van der Waals surface area contributed by atoms with Crippen LogP contribution in [-0.4, -0.2) is 48.0 Å². The molecule has 0 radical (unpaired) electrons. The summed E-state index contributed by atoms with van der Waals surface area (Å²) in [4.78, 5) is 60.2. The van der Waals surface area contributed by atoms with Crippen molar-refractivity contribution in [3.63, 3.8) is 0 Å². The van der Waals surface area contributed by atoms with E-state index in [1.54, 1.807) is 78.9 Å². The third-order valence-electron chi connectivity index (χ3n) is 11.5. The Labute approximate surface area is 321 Å². The highest BCUT2D eigenvalue weighted by atomic mass is 35.5. The fourth-order valence-electron chi connectivity index (χ4n) is 9.10. The fourth-order valence-corrected chi connectivity index (χ4v) is 9.55. The van der Waals surface area contributed by atoms with Crippen LogP contribution in [0.25, 0.3) is 6.08 Å². The molecule has 1 saturated carbocycles. The van der Waals surface area contributed by atoms with E-state index in [0.717, 1.165) is 10.6 Å². The number of halogens is 2. The molecule has 2 aliphatic heterocycles. The molecule has 3 fully saturated rings. The minimum Gasteiger partial charge on any atom is -0.508 e. The summed E-state index contributed by atoms with van der Waals surface area (Å²) < 4.78 is 10.9. The van der Waals surface area contributed by atoms with Gasteiger partial charge < -0.3 is 14.6 Å². The quantitative estimate of drug-likeness (QED) is 0.139. The first-order chi connectivity index (χ1) is 26.0. The van der Waals surface area contributed by atoms with Crippen LogP contribution in [0.3, 0.4) is 0 Å². The Kier molecular flexibility index (Phi) is 8.78. The molecule has 2 saturated heterocycles. The number of allylic oxidation sites excluding steroid dienone is 2. The molecule has 0 bridgehead atoms. The monoisotopic (exact) mass is 763 g/mol. The van der Waals surface area contributed by atoms with Crippen LogP contribution in [0.5, 0.6) is 17.2 Å². The molecule has 6 unspecified atom stereocenters. The molecule has 2 aliphatic carbocycles. The van der Waals surface area contributed by atoms with Gasteiger partial charge in [-0.2, -0.15) is 5.01 Å². The van der Waals surface area contributed by atoms with Crippen LogP contribution < -0.4 is 19.8 Å². The SMILES string of the molecule is C=Cc1ccc(N2C(=O)C3CC=C4C(CC5C(=O)N(Nc6ccc(Cl)cc6Cl)C(=O)C5(c5ccc(OC)cc5)C4c4ccc(OC)cc4O)C3C2=O)cc1. The van der Waals surface area contributed by atoms with E-state index in [2.05, 4.69) is 12.0 Å². The van der Waals surface area contributed by atoms with Crippen molar-refractivity contribution < 1.29 is 33.8 Å². The van der Waals surface area contributed by atoms with Gasteiger partial charge in [-0.1, -0.05) is 77.8 Å². The number of benzene rings is 4. The van der Waals surface area contributed by atoms with Gasteiger partial charge in [0.25, 0.3) is 11.8 Å². The van der Waals surface area contributed by atoms with Gasteiger partial charge in [-0.15, -0.1) is 0 Å². The van der Waals surface area contributed by atoms with Crippen molar-refractivity contribution in [3.05, 3.63) is 130 Å². The summed E-state index contributed by atoms with van der Waals surface area (Å²) in [6.07, 6.45) is 3.91. The Hall–Kier alpha value is -5.58. The van der Waals surface area contributed by atoms with E-state index >= 15 is 4.79 Å². The van der Waals surface area contributed by atoms with Gasteiger partial charge in [0.15, 0.2) is 0 Å². The third-order valence-corrected chi connectivity index (χ3v) is 12.1. The molecule has 0 aromatic heterocycles. The maximum absolute atomic E-state index is 15.4. The molecule has 54 heavy (non-hydrogen) atoms. The van der Waals surface area contributed by atoms with E-state index in [0.29, 0.717) is 38.9 Å². The summed E-state index contributed by atoms with van der Waals surface area (Å²) in [7, 11) is 3.01. The molecule has 2 heterocycles. The minimum absolute atomic E-state index is 0.0752. The summed E-state index contributed by atoms with van der Waals surface area (Å²) in [5, 5.41) is 13.3. The van der Waals surface area contributed by atoms with Crippen LogP contribution in [0.2, 0.25) is 10.0 Å². The zero-order chi connectivity index (χ0) is 38.1. The van der Waals surface area contributed by atoms with Crippen molar-refractivity contribution in [3.8, 4) is 17.2 Å². The zero-order valence-electron chi connectivity index (χ0n) is 29.3. The third kappa shape index (κ3) is 5.22. The van der Waals surface area contributed by atoms with Crippen molar-refractivity contribution in [1.29, 1.82) is 0 Å². The average molecular weight is 765 g/mol. The van der Waals surface area contributed by atoms with Crippen LogP contribution in [0, 0.1) is 23.7 Å². The molecule has 8 rings (SSSR count). The van der Waals surface area contributed by atoms with Crippen molar-refractivity contribution in [1.82, 2.24) is 5.01 Å². The van der Waals surface area contributed by atoms with E-state index in [4.69, 9.17) is 32.7 Å². The van der Waals surface area contributed by atoms with Crippen LogP contribution in [0.4, 0.5) is 11.4 Å². The molecule has 4 amide bonds. The molecular formula is C42H35Cl2N3O7. The Balaban J connectivity index is 1.33. The number of methoxy groups -OCH3 is 2. The number of amides is 4. The maximum Gasteiger partial charge on any atom is 0.260 e. The molecule has 274 valence electrons. The standard InChI is InChI=1S/C42H35Cl2N3O7/c1-4-22-5-10-25(11-6-22)46-38(49)30-17-16-28-31(36(30)40(46)51)21-32-39(50)47(45-34-18-9-24(43)19-33(34)44)41(52)42(32,23-7-12-26(53-2)13-8-23)37(28)29-15-14-27(54-3)20-35(29)48/h4-16,18-20,30-32,36-37,45,48H,1,17,21H2,2-3H3. The number of hydrazine groups is 1.